The number of nitrogens with two attached hydrogens (primary N) is 1. The van der Waals surface area contributed by atoms with Gasteiger partial charge in [0.15, 0.2) is 0 Å². The van der Waals surface area contributed by atoms with Gasteiger partial charge in [-0.15, -0.1) is 0 Å². The van der Waals surface area contributed by atoms with Gasteiger partial charge in [-0.05, 0) is 43.9 Å². The van der Waals surface area contributed by atoms with Crippen LogP contribution in [0.25, 0.3) is 0 Å². The molecule has 0 spiro atoms. The largest absolute Gasteiger partial charge is 0.383 e. The molecule has 2 amide bonds. The molecule has 0 aliphatic carbocycles. The lowest BCUT2D eigenvalue weighted by Gasteiger charge is -2.30. The van der Waals surface area contributed by atoms with Crippen LogP contribution in [0.4, 0.5) is 23.3 Å². The van der Waals surface area contributed by atoms with E-state index in [1.54, 1.807) is 12.1 Å². The Hall–Kier alpha value is -2.87. The Bertz CT molecular complexity index is 974. The molecule has 0 saturated carbocycles. The fourth-order valence-electron chi connectivity index (χ4n) is 3.79. The number of amides is 2. The van der Waals surface area contributed by atoms with Crippen LogP contribution >= 0.6 is 11.6 Å². The van der Waals surface area contributed by atoms with Crippen molar-refractivity contribution >= 4 is 46.7 Å². The molecule has 3 heterocycles. The summed E-state index contributed by atoms with van der Waals surface area (Å²) in [4.78, 5) is 36.3. The minimum absolute atomic E-state index is 0.0188. The van der Waals surface area contributed by atoms with E-state index in [9.17, 15) is 9.59 Å². The molecular weight excluding hydrogens is 392 g/mol. The summed E-state index contributed by atoms with van der Waals surface area (Å²) in [7, 11) is 0. The fourth-order valence-corrected chi connectivity index (χ4v) is 3.96. The molecular formula is C20H23ClN6O2. The van der Waals surface area contributed by atoms with Crippen molar-refractivity contribution in [2.75, 3.05) is 34.4 Å². The van der Waals surface area contributed by atoms with E-state index >= 15 is 0 Å². The monoisotopic (exact) mass is 414 g/mol. The molecule has 0 radical (unpaired) electrons. The summed E-state index contributed by atoms with van der Waals surface area (Å²) in [5.41, 5.74) is 8.17. The Balaban J connectivity index is 1.65. The Morgan fingerprint density at radius 2 is 2.03 bits per heavy atom. The van der Waals surface area contributed by atoms with Crippen LogP contribution in [0.3, 0.4) is 0 Å². The zero-order chi connectivity index (χ0) is 20.5. The first-order chi connectivity index (χ1) is 13.9. The molecule has 2 aliphatic rings. The molecule has 4 N–H and O–H groups in total. The van der Waals surface area contributed by atoms with Crippen LogP contribution in [0.5, 0.6) is 0 Å². The van der Waals surface area contributed by atoms with Gasteiger partial charge >= 0.3 is 0 Å². The van der Waals surface area contributed by atoms with Gasteiger partial charge in [0.2, 0.25) is 17.8 Å². The minimum atomic E-state index is -0.771. The van der Waals surface area contributed by atoms with Crippen molar-refractivity contribution in [1.29, 1.82) is 0 Å². The molecule has 2 aliphatic heterocycles. The van der Waals surface area contributed by atoms with Crippen LogP contribution in [0, 0.1) is 6.92 Å². The summed E-state index contributed by atoms with van der Waals surface area (Å²) in [6.07, 6.45) is 3.29. The maximum Gasteiger partial charge on any atom is 0.232 e. The Kier molecular flexibility index (Phi) is 5.27. The van der Waals surface area contributed by atoms with Crippen molar-refractivity contribution in [2.45, 2.75) is 38.5 Å². The number of halogens is 1. The van der Waals surface area contributed by atoms with Gasteiger partial charge in [-0.25, -0.2) is 0 Å². The number of anilines is 4. The first kappa shape index (κ1) is 19.4. The molecule has 2 aromatic rings. The maximum absolute atomic E-state index is 13.0. The highest BCUT2D eigenvalue weighted by Gasteiger charge is 2.35. The Morgan fingerprint density at radius 3 is 2.79 bits per heavy atom. The van der Waals surface area contributed by atoms with Gasteiger partial charge in [-0.2, -0.15) is 9.97 Å². The molecule has 152 valence electrons. The number of benzene rings is 1. The van der Waals surface area contributed by atoms with Gasteiger partial charge in [0.05, 0.1) is 11.5 Å². The molecule has 4 rings (SSSR count). The maximum atomic E-state index is 13.0. The molecule has 1 aromatic carbocycles. The third-order valence-electron chi connectivity index (χ3n) is 5.37. The number of carbonyl (C=O) groups is 2. The molecule has 29 heavy (non-hydrogen) atoms. The van der Waals surface area contributed by atoms with E-state index in [0.29, 0.717) is 28.0 Å². The van der Waals surface area contributed by atoms with Crippen molar-refractivity contribution in [3.05, 3.63) is 34.3 Å². The first-order valence-electron chi connectivity index (χ1n) is 9.71. The quantitative estimate of drug-likeness (QED) is 0.711. The SMILES string of the molecule is Cc1ccc(Cl)cc1NC(=O)[C@H]1CC(=O)Nc2nc(N3CCCCC3)nc(N)c21. The van der Waals surface area contributed by atoms with Crippen LogP contribution in [0.1, 0.15) is 42.7 Å². The molecule has 0 unspecified atom stereocenters. The average molecular weight is 415 g/mol. The zero-order valence-electron chi connectivity index (χ0n) is 16.2. The molecule has 1 saturated heterocycles. The van der Waals surface area contributed by atoms with Crippen LogP contribution in [0.2, 0.25) is 5.02 Å². The van der Waals surface area contributed by atoms with E-state index in [1.165, 1.54) is 6.42 Å². The van der Waals surface area contributed by atoms with Gasteiger partial charge in [0, 0.05) is 30.2 Å². The zero-order valence-corrected chi connectivity index (χ0v) is 16.9. The number of rotatable bonds is 3. The van der Waals surface area contributed by atoms with Gasteiger partial charge < -0.3 is 21.3 Å². The van der Waals surface area contributed by atoms with E-state index in [-0.39, 0.29) is 24.1 Å². The van der Waals surface area contributed by atoms with Crippen molar-refractivity contribution < 1.29 is 9.59 Å². The second kappa shape index (κ2) is 7.87. The highest BCUT2D eigenvalue weighted by atomic mass is 35.5. The fraction of sp³-hybridized carbons (Fsp3) is 0.400. The third-order valence-corrected chi connectivity index (χ3v) is 5.61. The number of nitrogen functional groups attached to an aromatic ring is 1. The second-order valence-corrected chi connectivity index (χ2v) is 7.91. The van der Waals surface area contributed by atoms with Crippen molar-refractivity contribution in [3.63, 3.8) is 0 Å². The van der Waals surface area contributed by atoms with Crippen molar-refractivity contribution in [3.8, 4) is 0 Å². The highest BCUT2D eigenvalue weighted by Crippen LogP contribution is 2.37. The molecule has 1 fully saturated rings. The number of fused-ring (bicyclic) bond motifs is 1. The lowest BCUT2D eigenvalue weighted by Crippen LogP contribution is -2.35. The molecule has 1 aromatic heterocycles. The summed E-state index contributed by atoms with van der Waals surface area (Å²) >= 11 is 6.05. The standard InChI is InChI=1S/C20H23ClN6O2/c1-11-5-6-12(21)9-14(11)23-19(29)13-10-15(28)24-18-16(13)17(22)25-20(26-18)27-7-3-2-4-8-27/h5-6,9,13H,2-4,7-8,10H2,1H3,(H,23,29)(H3,22,24,25,26,28)/t13-/m0/s1. The number of hydrogen-bond donors (Lipinski definition) is 3. The summed E-state index contributed by atoms with van der Waals surface area (Å²) in [6.45, 7) is 3.57. The van der Waals surface area contributed by atoms with Gasteiger partial charge in [-0.3, -0.25) is 9.59 Å². The van der Waals surface area contributed by atoms with Crippen LogP contribution in [-0.2, 0) is 9.59 Å². The molecule has 9 heteroatoms. The number of hydrogen-bond acceptors (Lipinski definition) is 6. The predicted octanol–water partition coefficient (Wildman–Crippen LogP) is 3.08. The smallest absolute Gasteiger partial charge is 0.232 e. The molecule has 1 atom stereocenters. The number of aromatic nitrogens is 2. The second-order valence-electron chi connectivity index (χ2n) is 7.47. The predicted molar refractivity (Wildman–Crippen MR) is 113 cm³/mol. The topological polar surface area (TPSA) is 113 Å². The number of carbonyl (C=O) groups excluding carboxylic acids is 2. The Labute approximate surface area is 173 Å². The van der Waals surface area contributed by atoms with Crippen LogP contribution in [-0.4, -0.2) is 34.9 Å². The summed E-state index contributed by atoms with van der Waals surface area (Å²) in [5.74, 6) is -0.355. The van der Waals surface area contributed by atoms with Gasteiger partial charge in [0.1, 0.15) is 11.6 Å². The molecule has 0 bridgehead atoms. The average Bonchev–Trinajstić information content (AvgIpc) is 2.70. The summed E-state index contributed by atoms with van der Waals surface area (Å²) < 4.78 is 0. The molecule has 8 nitrogen and oxygen atoms in total. The number of nitrogens with one attached hydrogen (secondary N) is 2. The van der Waals surface area contributed by atoms with Gasteiger partial charge in [0.25, 0.3) is 0 Å². The van der Waals surface area contributed by atoms with E-state index in [2.05, 4.69) is 25.5 Å². The van der Waals surface area contributed by atoms with Crippen LogP contribution in [0.15, 0.2) is 18.2 Å². The van der Waals surface area contributed by atoms with Crippen molar-refractivity contribution in [1.82, 2.24) is 9.97 Å². The Morgan fingerprint density at radius 1 is 1.28 bits per heavy atom. The number of aryl methyl sites for hydroxylation is 1. The lowest BCUT2D eigenvalue weighted by atomic mass is 9.91. The normalized spacial score (nSPS) is 18.8. The lowest BCUT2D eigenvalue weighted by molar-refractivity contribution is -0.123. The van der Waals surface area contributed by atoms with E-state index < -0.39 is 5.92 Å². The van der Waals surface area contributed by atoms with Crippen LogP contribution < -0.4 is 21.3 Å². The van der Waals surface area contributed by atoms with Crippen molar-refractivity contribution in [2.24, 2.45) is 0 Å². The minimum Gasteiger partial charge on any atom is -0.383 e. The summed E-state index contributed by atoms with van der Waals surface area (Å²) in [6, 6.07) is 5.25. The summed E-state index contributed by atoms with van der Waals surface area (Å²) in [5, 5.41) is 6.13. The first-order valence-corrected chi connectivity index (χ1v) is 10.1. The van der Waals surface area contributed by atoms with E-state index in [4.69, 9.17) is 17.3 Å². The third kappa shape index (κ3) is 3.98. The van der Waals surface area contributed by atoms with E-state index in [1.807, 2.05) is 13.0 Å². The number of nitrogens with zero attached hydrogens (tertiary/aromatic N) is 3. The number of piperidine rings is 1. The van der Waals surface area contributed by atoms with E-state index in [0.717, 1.165) is 31.5 Å². The van der Waals surface area contributed by atoms with Gasteiger partial charge in [-0.1, -0.05) is 17.7 Å². The highest BCUT2D eigenvalue weighted by molar-refractivity contribution is 6.31.